The summed E-state index contributed by atoms with van der Waals surface area (Å²) in [7, 11) is 1.99. The molecule has 4 nitrogen and oxygen atoms in total. The third-order valence-electron chi connectivity index (χ3n) is 4.78. The van der Waals surface area contributed by atoms with Crippen molar-refractivity contribution >= 4 is 18.3 Å². The molecule has 2 aromatic rings. The Morgan fingerprint density at radius 3 is 2.27 bits per heavy atom. The van der Waals surface area contributed by atoms with Gasteiger partial charge in [-0.1, -0.05) is 18.2 Å². The molecular formula is C21H27ClN2O2. The number of nitrogens with zero attached hydrogens (tertiary/aromatic N) is 1. The van der Waals surface area contributed by atoms with Gasteiger partial charge in [-0.2, -0.15) is 0 Å². The van der Waals surface area contributed by atoms with Gasteiger partial charge in [0.05, 0.1) is 0 Å². The fourth-order valence-electron chi connectivity index (χ4n) is 3.25. The minimum absolute atomic E-state index is 0. The van der Waals surface area contributed by atoms with Crippen LogP contribution in [0.3, 0.4) is 0 Å². The molecule has 1 heterocycles. The Kier molecular flexibility index (Phi) is 7.95. The lowest BCUT2D eigenvalue weighted by Gasteiger charge is -2.32. The molecule has 0 bridgehead atoms. The summed E-state index contributed by atoms with van der Waals surface area (Å²) >= 11 is 0. The molecule has 0 saturated carbocycles. The minimum Gasteiger partial charge on any atom is -0.457 e. The van der Waals surface area contributed by atoms with Gasteiger partial charge in [0.2, 0.25) is 0 Å². The van der Waals surface area contributed by atoms with Crippen LogP contribution in [0.15, 0.2) is 54.6 Å². The van der Waals surface area contributed by atoms with Crippen molar-refractivity contribution in [3.05, 3.63) is 60.2 Å². The molecule has 1 amide bonds. The number of carbonyl (C=O) groups excluding carboxylic acids is 1. The predicted molar refractivity (Wildman–Crippen MR) is 107 cm³/mol. The van der Waals surface area contributed by atoms with Crippen LogP contribution in [0.1, 0.15) is 29.6 Å². The number of hydrogen-bond donors (Lipinski definition) is 1. The third-order valence-corrected chi connectivity index (χ3v) is 4.78. The molecule has 2 aromatic carbocycles. The van der Waals surface area contributed by atoms with Gasteiger partial charge in [-0.25, -0.2) is 0 Å². The summed E-state index contributed by atoms with van der Waals surface area (Å²) < 4.78 is 5.78. The van der Waals surface area contributed by atoms with Crippen molar-refractivity contribution in [1.82, 2.24) is 10.2 Å². The maximum absolute atomic E-state index is 12.7. The lowest BCUT2D eigenvalue weighted by atomic mass is 9.93. The van der Waals surface area contributed by atoms with Gasteiger partial charge in [0.25, 0.3) is 5.91 Å². The second-order valence-electron chi connectivity index (χ2n) is 6.57. The largest absolute Gasteiger partial charge is 0.457 e. The van der Waals surface area contributed by atoms with E-state index in [4.69, 9.17) is 4.74 Å². The lowest BCUT2D eigenvalue weighted by molar-refractivity contribution is 0.0687. The Morgan fingerprint density at radius 2 is 1.65 bits per heavy atom. The first kappa shape index (κ1) is 20.3. The number of benzene rings is 2. The standard InChI is InChI=1S/C21H26N2O2.ClH/c1-22-14-11-17-12-15-23(16-13-17)21(24)18-7-9-20(10-8-18)25-19-5-3-2-4-6-19;/h2-10,17,22H,11-16H2,1H3;1H. The van der Waals surface area contributed by atoms with Crippen molar-refractivity contribution in [2.75, 3.05) is 26.7 Å². The quantitative estimate of drug-likeness (QED) is 0.816. The monoisotopic (exact) mass is 374 g/mol. The summed E-state index contributed by atoms with van der Waals surface area (Å²) in [5, 5.41) is 3.21. The molecule has 0 atom stereocenters. The summed E-state index contributed by atoms with van der Waals surface area (Å²) in [6.07, 6.45) is 3.40. The smallest absolute Gasteiger partial charge is 0.253 e. The van der Waals surface area contributed by atoms with Crippen LogP contribution in [0.25, 0.3) is 0 Å². The molecule has 0 radical (unpaired) electrons. The Morgan fingerprint density at radius 1 is 1.04 bits per heavy atom. The van der Waals surface area contributed by atoms with Crippen molar-refractivity contribution in [2.24, 2.45) is 5.92 Å². The van der Waals surface area contributed by atoms with Gasteiger partial charge in [0.1, 0.15) is 11.5 Å². The Hall–Kier alpha value is -2.04. The van der Waals surface area contributed by atoms with Gasteiger partial charge >= 0.3 is 0 Å². The number of amides is 1. The van der Waals surface area contributed by atoms with Crippen molar-refractivity contribution in [2.45, 2.75) is 19.3 Å². The molecule has 1 N–H and O–H groups in total. The average molecular weight is 375 g/mol. The molecule has 0 spiro atoms. The molecule has 140 valence electrons. The van der Waals surface area contributed by atoms with Crippen molar-refractivity contribution < 1.29 is 9.53 Å². The second kappa shape index (κ2) is 10.2. The van der Waals surface area contributed by atoms with Crippen LogP contribution in [-0.2, 0) is 0 Å². The summed E-state index contributed by atoms with van der Waals surface area (Å²) in [6.45, 7) is 2.77. The van der Waals surface area contributed by atoms with Crippen LogP contribution in [0.5, 0.6) is 11.5 Å². The normalized spacial score (nSPS) is 14.6. The number of ether oxygens (including phenoxy) is 1. The van der Waals surface area contributed by atoms with Gasteiger partial charge in [0.15, 0.2) is 0 Å². The molecule has 1 saturated heterocycles. The zero-order valence-electron chi connectivity index (χ0n) is 15.2. The van der Waals surface area contributed by atoms with Gasteiger partial charge in [-0.05, 0) is 75.2 Å². The molecule has 0 aliphatic carbocycles. The van der Waals surface area contributed by atoms with Crippen LogP contribution in [-0.4, -0.2) is 37.5 Å². The highest BCUT2D eigenvalue weighted by Gasteiger charge is 2.23. The van der Waals surface area contributed by atoms with E-state index in [0.717, 1.165) is 55.5 Å². The number of halogens is 1. The molecule has 0 aromatic heterocycles. The molecule has 0 unspecified atom stereocenters. The van der Waals surface area contributed by atoms with Crippen LogP contribution >= 0.6 is 12.4 Å². The maximum atomic E-state index is 12.7. The zero-order chi connectivity index (χ0) is 17.5. The first-order valence-corrected chi connectivity index (χ1v) is 9.03. The van der Waals surface area contributed by atoms with Gasteiger partial charge in [-0.3, -0.25) is 4.79 Å². The van der Waals surface area contributed by atoms with E-state index < -0.39 is 0 Å². The van der Waals surface area contributed by atoms with Gasteiger partial charge in [0, 0.05) is 18.7 Å². The second-order valence-corrected chi connectivity index (χ2v) is 6.57. The molecule has 5 heteroatoms. The Bertz CT molecular complexity index is 668. The SMILES string of the molecule is CNCCC1CCN(C(=O)c2ccc(Oc3ccccc3)cc2)CC1.Cl. The van der Waals surface area contributed by atoms with E-state index in [1.165, 1.54) is 6.42 Å². The number of likely N-dealkylation sites (tertiary alicyclic amines) is 1. The number of rotatable bonds is 6. The van der Waals surface area contributed by atoms with E-state index in [9.17, 15) is 4.79 Å². The van der Waals surface area contributed by atoms with Crippen LogP contribution in [0.4, 0.5) is 0 Å². The first-order valence-electron chi connectivity index (χ1n) is 9.03. The summed E-state index contributed by atoms with van der Waals surface area (Å²) in [5.41, 5.74) is 0.731. The number of piperidine rings is 1. The van der Waals surface area contributed by atoms with E-state index >= 15 is 0 Å². The van der Waals surface area contributed by atoms with Crippen molar-refractivity contribution in [3.63, 3.8) is 0 Å². The van der Waals surface area contributed by atoms with Gasteiger partial charge < -0.3 is 15.0 Å². The van der Waals surface area contributed by atoms with Crippen LogP contribution in [0.2, 0.25) is 0 Å². The summed E-state index contributed by atoms with van der Waals surface area (Å²) in [6, 6.07) is 17.1. The van der Waals surface area contributed by atoms with E-state index in [-0.39, 0.29) is 18.3 Å². The maximum Gasteiger partial charge on any atom is 0.253 e. The number of nitrogens with one attached hydrogen (secondary N) is 1. The van der Waals surface area contributed by atoms with Crippen LogP contribution in [0, 0.1) is 5.92 Å². The lowest BCUT2D eigenvalue weighted by Crippen LogP contribution is -2.38. The van der Waals surface area contributed by atoms with Crippen molar-refractivity contribution in [1.29, 1.82) is 0 Å². The van der Waals surface area contributed by atoms with E-state index in [2.05, 4.69) is 5.32 Å². The van der Waals surface area contributed by atoms with E-state index in [0.29, 0.717) is 0 Å². The topological polar surface area (TPSA) is 41.6 Å². The fourth-order valence-corrected chi connectivity index (χ4v) is 3.25. The van der Waals surface area contributed by atoms with Crippen molar-refractivity contribution in [3.8, 4) is 11.5 Å². The molecule has 1 aliphatic heterocycles. The first-order chi connectivity index (χ1) is 12.3. The zero-order valence-corrected chi connectivity index (χ0v) is 16.0. The van der Waals surface area contributed by atoms with Gasteiger partial charge in [-0.15, -0.1) is 12.4 Å². The molecule has 3 rings (SSSR count). The highest BCUT2D eigenvalue weighted by Crippen LogP contribution is 2.24. The molecule has 1 aliphatic rings. The van der Waals surface area contributed by atoms with E-state index in [1.807, 2.05) is 66.5 Å². The molecular weight excluding hydrogens is 348 g/mol. The third kappa shape index (κ3) is 5.48. The number of para-hydroxylation sites is 1. The minimum atomic E-state index is 0. The molecule has 1 fully saturated rings. The summed E-state index contributed by atoms with van der Waals surface area (Å²) in [4.78, 5) is 14.6. The number of carbonyl (C=O) groups is 1. The van der Waals surface area contributed by atoms with Crippen LogP contribution < -0.4 is 10.1 Å². The fraction of sp³-hybridized carbons (Fsp3) is 0.381. The predicted octanol–water partition coefficient (Wildman–Crippen LogP) is 4.36. The number of hydrogen-bond acceptors (Lipinski definition) is 3. The highest BCUT2D eigenvalue weighted by atomic mass is 35.5. The Balaban J connectivity index is 0.00000243. The highest BCUT2D eigenvalue weighted by molar-refractivity contribution is 5.94. The Labute approximate surface area is 162 Å². The van der Waals surface area contributed by atoms with E-state index in [1.54, 1.807) is 0 Å². The summed E-state index contributed by atoms with van der Waals surface area (Å²) in [5.74, 6) is 2.40. The molecule has 26 heavy (non-hydrogen) atoms. The average Bonchev–Trinajstić information content (AvgIpc) is 2.68.